The molecule has 0 spiro atoms. The molecule has 0 aliphatic heterocycles. The maximum atomic E-state index is 6.35. The Morgan fingerprint density at radius 2 is 1.95 bits per heavy atom. The highest BCUT2D eigenvalue weighted by Gasteiger charge is 2.20. The van der Waals surface area contributed by atoms with E-state index in [1.807, 2.05) is 0 Å². The van der Waals surface area contributed by atoms with Crippen molar-refractivity contribution in [2.45, 2.75) is 78.2 Å². The average Bonchev–Trinajstić information content (AvgIpc) is 2.68. The Morgan fingerprint density at radius 1 is 1.26 bits per heavy atom. The van der Waals surface area contributed by atoms with Gasteiger partial charge < -0.3 is 10.3 Å². The minimum absolute atomic E-state index is 0.411. The Balaban J connectivity index is 2.17. The van der Waals surface area contributed by atoms with Crippen LogP contribution in [0.5, 0.6) is 0 Å². The molecule has 0 bridgehead atoms. The van der Waals surface area contributed by atoms with E-state index in [4.69, 9.17) is 10.7 Å². The third-order valence-corrected chi connectivity index (χ3v) is 4.29. The van der Waals surface area contributed by atoms with Gasteiger partial charge in [0.05, 0.1) is 5.69 Å². The molecule has 1 saturated carbocycles. The summed E-state index contributed by atoms with van der Waals surface area (Å²) in [5, 5.41) is 0. The highest BCUT2D eigenvalue weighted by atomic mass is 15.2. The zero-order valence-electron chi connectivity index (χ0n) is 12.8. The predicted molar refractivity (Wildman–Crippen MR) is 81.3 cm³/mol. The second kappa shape index (κ2) is 6.44. The number of hydrogen-bond donors (Lipinski definition) is 1. The Labute approximate surface area is 117 Å². The van der Waals surface area contributed by atoms with Gasteiger partial charge in [-0.2, -0.15) is 0 Å². The zero-order chi connectivity index (χ0) is 13.8. The first-order valence-electron chi connectivity index (χ1n) is 7.98. The number of anilines is 1. The van der Waals surface area contributed by atoms with E-state index in [-0.39, 0.29) is 0 Å². The summed E-state index contributed by atoms with van der Waals surface area (Å²) >= 11 is 0. The van der Waals surface area contributed by atoms with Gasteiger partial charge in [-0.3, -0.25) is 0 Å². The van der Waals surface area contributed by atoms with Crippen molar-refractivity contribution in [1.82, 2.24) is 9.55 Å². The number of imidazole rings is 1. The van der Waals surface area contributed by atoms with Gasteiger partial charge >= 0.3 is 0 Å². The topological polar surface area (TPSA) is 43.8 Å². The third-order valence-electron chi connectivity index (χ3n) is 4.29. The molecule has 0 radical (unpaired) electrons. The molecule has 2 N–H and O–H groups in total. The van der Waals surface area contributed by atoms with Crippen molar-refractivity contribution in [2.24, 2.45) is 5.92 Å². The van der Waals surface area contributed by atoms with E-state index in [1.54, 1.807) is 0 Å². The van der Waals surface area contributed by atoms with Crippen LogP contribution < -0.4 is 5.73 Å². The van der Waals surface area contributed by atoms with Gasteiger partial charge in [0.1, 0.15) is 11.6 Å². The van der Waals surface area contributed by atoms with Crippen molar-refractivity contribution in [3.8, 4) is 0 Å². The first-order chi connectivity index (χ1) is 9.13. The molecule has 1 aliphatic rings. The molecule has 1 aliphatic carbocycles. The van der Waals surface area contributed by atoms with Crippen LogP contribution in [0.1, 0.15) is 76.9 Å². The van der Waals surface area contributed by atoms with E-state index in [9.17, 15) is 0 Å². The summed E-state index contributed by atoms with van der Waals surface area (Å²) in [6, 6.07) is 0.411. The Bertz CT molecular complexity index is 400. The summed E-state index contributed by atoms with van der Waals surface area (Å²) in [6.45, 7) is 6.60. The minimum Gasteiger partial charge on any atom is -0.384 e. The fourth-order valence-electron chi connectivity index (χ4n) is 3.34. The second-order valence-corrected chi connectivity index (χ2v) is 6.28. The lowest BCUT2D eigenvalue weighted by Gasteiger charge is -2.20. The molecule has 1 fully saturated rings. The normalized spacial score (nSPS) is 17.3. The summed E-state index contributed by atoms with van der Waals surface area (Å²) in [6.07, 6.45) is 10.2. The molecule has 0 amide bonds. The minimum atomic E-state index is 0.411. The maximum Gasteiger partial charge on any atom is 0.127 e. The Kier molecular flexibility index (Phi) is 4.89. The first-order valence-corrected chi connectivity index (χ1v) is 7.98. The highest BCUT2D eigenvalue weighted by molar-refractivity contribution is 5.39. The fourth-order valence-corrected chi connectivity index (χ4v) is 3.34. The number of nitrogen functional groups attached to an aromatic ring is 1. The van der Waals surface area contributed by atoms with Crippen molar-refractivity contribution in [2.75, 3.05) is 5.73 Å². The quantitative estimate of drug-likeness (QED) is 0.868. The van der Waals surface area contributed by atoms with E-state index in [0.29, 0.717) is 6.04 Å². The van der Waals surface area contributed by atoms with Crippen LogP contribution in [0.4, 0.5) is 5.82 Å². The molecule has 108 valence electrons. The molecular weight excluding hydrogens is 234 g/mol. The molecule has 0 unspecified atom stereocenters. The van der Waals surface area contributed by atoms with Crippen molar-refractivity contribution >= 4 is 5.82 Å². The number of nitrogens with zero attached hydrogens (tertiary/aromatic N) is 2. The molecule has 0 aromatic carbocycles. The summed E-state index contributed by atoms with van der Waals surface area (Å²) < 4.78 is 2.24. The predicted octanol–water partition coefficient (Wildman–Crippen LogP) is 4.12. The lowest BCUT2D eigenvalue weighted by molar-refractivity contribution is 0.355. The molecule has 3 heteroatoms. The number of nitrogens with two attached hydrogens (primary N) is 1. The van der Waals surface area contributed by atoms with E-state index in [2.05, 4.69) is 25.3 Å². The maximum absolute atomic E-state index is 6.35. The summed E-state index contributed by atoms with van der Waals surface area (Å²) in [5.74, 6) is 2.91. The van der Waals surface area contributed by atoms with Gasteiger partial charge in [-0.25, -0.2) is 4.98 Å². The average molecular weight is 263 g/mol. The molecule has 19 heavy (non-hydrogen) atoms. The summed E-state index contributed by atoms with van der Waals surface area (Å²) in [7, 11) is 0. The molecule has 3 nitrogen and oxygen atoms in total. The van der Waals surface area contributed by atoms with Crippen molar-refractivity contribution in [3.63, 3.8) is 0 Å². The summed E-state index contributed by atoms with van der Waals surface area (Å²) in [4.78, 5) is 4.85. The van der Waals surface area contributed by atoms with Gasteiger partial charge in [0.2, 0.25) is 0 Å². The van der Waals surface area contributed by atoms with Crippen LogP contribution >= 0.6 is 0 Å². The Hall–Kier alpha value is -0.990. The third kappa shape index (κ3) is 3.31. The lowest BCUT2D eigenvalue weighted by Crippen LogP contribution is -2.12. The van der Waals surface area contributed by atoms with Crippen molar-refractivity contribution in [3.05, 3.63) is 11.5 Å². The number of aromatic nitrogens is 2. The largest absolute Gasteiger partial charge is 0.384 e. The standard InChI is InChI=1S/C16H29N3/c1-4-8-15-18-14(16(17)19(15)12(2)3)11-13-9-6-5-7-10-13/h12-13H,4-11,17H2,1-3H3. The van der Waals surface area contributed by atoms with Crippen molar-refractivity contribution in [1.29, 1.82) is 0 Å². The van der Waals surface area contributed by atoms with Gasteiger partial charge in [0.25, 0.3) is 0 Å². The van der Waals surface area contributed by atoms with Crippen LogP contribution in [0.25, 0.3) is 0 Å². The van der Waals surface area contributed by atoms with E-state index < -0.39 is 0 Å². The van der Waals surface area contributed by atoms with Crippen LogP contribution in [0.3, 0.4) is 0 Å². The monoisotopic (exact) mass is 263 g/mol. The van der Waals surface area contributed by atoms with E-state index in [1.165, 1.54) is 37.9 Å². The van der Waals surface area contributed by atoms with Crippen molar-refractivity contribution < 1.29 is 0 Å². The second-order valence-electron chi connectivity index (χ2n) is 6.28. The number of aryl methyl sites for hydroxylation is 1. The lowest BCUT2D eigenvalue weighted by atomic mass is 9.86. The van der Waals surface area contributed by atoms with Gasteiger partial charge in [-0.15, -0.1) is 0 Å². The van der Waals surface area contributed by atoms with Crippen LogP contribution in [0.2, 0.25) is 0 Å². The fraction of sp³-hybridized carbons (Fsp3) is 0.812. The van der Waals surface area contributed by atoms with E-state index in [0.717, 1.165) is 36.7 Å². The smallest absolute Gasteiger partial charge is 0.127 e. The van der Waals surface area contributed by atoms with Gasteiger partial charge in [-0.05, 0) is 32.6 Å². The number of rotatable bonds is 5. The molecule has 2 rings (SSSR count). The molecular formula is C16H29N3. The number of hydrogen-bond acceptors (Lipinski definition) is 2. The van der Waals surface area contributed by atoms with Crippen LogP contribution in [0.15, 0.2) is 0 Å². The van der Waals surface area contributed by atoms with Crippen LogP contribution in [-0.4, -0.2) is 9.55 Å². The van der Waals surface area contributed by atoms with Gasteiger partial charge in [0.15, 0.2) is 0 Å². The Morgan fingerprint density at radius 3 is 2.53 bits per heavy atom. The molecule has 1 heterocycles. The van der Waals surface area contributed by atoms with Gasteiger partial charge in [-0.1, -0.05) is 39.0 Å². The summed E-state index contributed by atoms with van der Waals surface area (Å²) in [5.41, 5.74) is 7.51. The highest BCUT2D eigenvalue weighted by Crippen LogP contribution is 2.30. The molecule has 0 saturated heterocycles. The van der Waals surface area contributed by atoms with Crippen LogP contribution in [0, 0.1) is 5.92 Å². The molecule has 1 aromatic rings. The SMILES string of the molecule is CCCc1nc(CC2CCCCC2)c(N)n1C(C)C. The van der Waals surface area contributed by atoms with E-state index >= 15 is 0 Å². The van der Waals surface area contributed by atoms with Crippen LogP contribution in [-0.2, 0) is 12.8 Å². The first kappa shape index (κ1) is 14.4. The molecule has 0 atom stereocenters. The molecule has 1 aromatic heterocycles. The zero-order valence-corrected chi connectivity index (χ0v) is 12.8. The van der Waals surface area contributed by atoms with Gasteiger partial charge in [0, 0.05) is 12.5 Å².